The van der Waals surface area contributed by atoms with Crippen molar-refractivity contribution in [3.05, 3.63) is 46.9 Å². The Morgan fingerprint density at radius 2 is 1.81 bits per heavy atom. The van der Waals surface area contributed by atoms with E-state index < -0.39 is 0 Å². The van der Waals surface area contributed by atoms with Crippen LogP contribution in [0, 0.1) is 0 Å². The van der Waals surface area contributed by atoms with E-state index in [0.29, 0.717) is 22.3 Å². The lowest BCUT2D eigenvalue weighted by molar-refractivity contribution is -0.117. The van der Waals surface area contributed by atoms with Crippen molar-refractivity contribution in [1.29, 1.82) is 0 Å². The number of allylic oxidation sites excluding steroid dienone is 3. The maximum atomic E-state index is 11.7. The average Bonchev–Trinajstić information content (AvgIpc) is 2.27. The van der Waals surface area contributed by atoms with Crippen LogP contribution in [0.2, 0.25) is 0 Å². The molecule has 0 bridgehead atoms. The molecule has 0 spiro atoms. The number of para-hydroxylation sites is 2. The summed E-state index contributed by atoms with van der Waals surface area (Å²) in [7, 11) is 0. The van der Waals surface area contributed by atoms with Crippen LogP contribution in [0.4, 0.5) is 0 Å². The lowest BCUT2D eigenvalue weighted by Gasteiger charge is -2.23. The van der Waals surface area contributed by atoms with Crippen LogP contribution >= 0.6 is 11.6 Å². The number of hydrogen-bond donors (Lipinski definition) is 0. The first-order chi connectivity index (χ1) is 7.74. The minimum atomic E-state index is -0.156. The molecule has 1 aromatic rings. The zero-order valence-electron chi connectivity index (χ0n) is 8.20. The molecule has 1 aromatic carbocycles. The van der Waals surface area contributed by atoms with Crippen molar-refractivity contribution in [2.45, 2.75) is 6.42 Å². The Kier molecular flexibility index (Phi) is 2.01. The smallest absolute Gasteiger partial charge is 0.213 e. The summed E-state index contributed by atoms with van der Waals surface area (Å²) in [5.41, 5.74) is 0. The maximum Gasteiger partial charge on any atom is 0.213 e. The number of ketones is 1. The van der Waals surface area contributed by atoms with Crippen LogP contribution in [0.1, 0.15) is 6.42 Å². The maximum absolute atomic E-state index is 11.7. The molecule has 80 valence electrons. The van der Waals surface area contributed by atoms with Crippen molar-refractivity contribution < 1.29 is 14.3 Å². The van der Waals surface area contributed by atoms with Gasteiger partial charge in [0.25, 0.3) is 0 Å². The third kappa shape index (κ3) is 1.41. The minimum Gasteiger partial charge on any atom is -0.449 e. The molecule has 0 N–H and O–H groups in total. The number of carbonyl (C=O) groups is 1. The Morgan fingerprint density at radius 3 is 2.56 bits per heavy atom. The Labute approximate surface area is 96.9 Å². The Morgan fingerprint density at radius 1 is 1.12 bits per heavy atom. The minimum absolute atomic E-state index is 0.156. The molecular weight excluding hydrogens is 228 g/mol. The Balaban J connectivity index is 2.08. The number of halogens is 1. The summed E-state index contributed by atoms with van der Waals surface area (Å²) in [5.74, 6) is 1.62. The van der Waals surface area contributed by atoms with Crippen LogP contribution in [-0.4, -0.2) is 5.78 Å². The second kappa shape index (κ2) is 3.39. The van der Waals surface area contributed by atoms with Crippen molar-refractivity contribution in [3.63, 3.8) is 0 Å². The van der Waals surface area contributed by atoms with Gasteiger partial charge in [0, 0.05) is 5.03 Å². The number of hydrogen-bond acceptors (Lipinski definition) is 3. The van der Waals surface area contributed by atoms with Gasteiger partial charge in [0.1, 0.15) is 0 Å². The molecule has 0 saturated heterocycles. The second-order valence-electron chi connectivity index (χ2n) is 3.54. The quantitative estimate of drug-likeness (QED) is 0.693. The molecule has 0 saturated carbocycles. The first-order valence-corrected chi connectivity index (χ1v) is 5.20. The van der Waals surface area contributed by atoms with Crippen LogP contribution in [0.15, 0.2) is 46.9 Å². The van der Waals surface area contributed by atoms with Crippen molar-refractivity contribution in [1.82, 2.24) is 0 Å². The molecule has 0 amide bonds. The number of rotatable bonds is 0. The van der Waals surface area contributed by atoms with Gasteiger partial charge < -0.3 is 9.47 Å². The Hall–Kier alpha value is -1.74. The number of ether oxygens (including phenoxy) is 2. The number of carbonyl (C=O) groups excluding carboxylic acids is 1. The van der Waals surface area contributed by atoms with Gasteiger partial charge in [-0.15, -0.1) is 0 Å². The SMILES string of the molecule is O=C1CC(Cl)=CC2=C1Oc1ccccc1O2. The van der Waals surface area contributed by atoms with Gasteiger partial charge in [-0.3, -0.25) is 4.79 Å². The molecule has 0 fully saturated rings. The number of Topliss-reactive ketones (excluding diaryl/α,β-unsaturated/α-hetero) is 1. The molecule has 0 aromatic heterocycles. The number of benzene rings is 1. The molecule has 16 heavy (non-hydrogen) atoms. The van der Waals surface area contributed by atoms with Crippen LogP contribution < -0.4 is 9.47 Å². The summed E-state index contributed by atoms with van der Waals surface area (Å²) >= 11 is 5.83. The van der Waals surface area contributed by atoms with E-state index in [9.17, 15) is 4.79 Å². The summed E-state index contributed by atoms with van der Waals surface area (Å²) in [5, 5.41) is 0.465. The molecule has 3 rings (SSSR count). The van der Waals surface area contributed by atoms with Crippen molar-refractivity contribution in [2.24, 2.45) is 0 Å². The zero-order valence-corrected chi connectivity index (χ0v) is 8.95. The molecule has 2 aliphatic rings. The van der Waals surface area contributed by atoms with Crippen LogP contribution in [0.5, 0.6) is 11.5 Å². The molecule has 1 aliphatic heterocycles. The molecule has 1 heterocycles. The lowest BCUT2D eigenvalue weighted by atomic mass is 10.1. The third-order valence-electron chi connectivity index (χ3n) is 2.38. The molecule has 0 atom stereocenters. The van der Waals surface area contributed by atoms with Gasteiger partial charge in [-0.2, -0.15) is 0 Å². The number of fused-ring (bicyclic) bond motifs is 1. The molecule has 1 aliphatic carbocycles. The summed E-state index contributed by atoms with van der Waals surface area (Å²) in [6.07, 6.45) is 1.79. The van der Waals surface area contributed by atoms with Crippen LogP contribution in [0.25, 0.3) is 0 Å². The van der Waals surface area contributed by atoms with E-state index in [1.165, 1.54) is 0 Å². The highest BCUT2D eigenvalue weighted by Crippen LogP contribution is 2.38. The van der Waals surface area contributed by atoms with E-state index >= 15 is 0 Å². The fourth-order valence-electron chi connectivity index (χ4n) is 1.66. The van der Waals surface area contributed by atoms with Gasteiger partial charge in [0.05, 0.1) is 6.42 Å². The van der Waals surface area contributed by atoms with Crippen molar-refractivity contribution in [2.75, 3.05) is 0 Å². The van der Waals surface area contributed by atoms with E-state index in [-0.39, 0.29) is 18.0 Å². The summed E-state index contributed by atoms with van der Waals surface area (Å²) in [6, 6.07) is 7.19. The van der Waals surface area contributed by atoms with Gasteiger partial charge in [-0.05, 0) is 18.2 Å². The van der Waals surface area contributed by atoms with Crippen molar-refractivity contribution >= 4 is 17.4 Å². The fraction of sp³-hybridized carbons (Fsp3) is 0.0833. The van der Waals surface area contributed by atoms with Crippen molar-refractivity contribution in [3.8, 4) is 11.5 Å². The van der Waals surface area contributed by atoms with Gasteiger partial charge in [0.15, 0.2) is 17.3 Å². The highest BCUT2D eigenvalue weighted by atomic mass is 35.5. The Bertz CT molecular complexity index is 543. The molecular formula is C12H7ClO3. The summed E-state index contributed by atoms with van der Waals surface area (Å²) in [4.78, 5) is 11.7. The van der Waals surface area contributed by atoms with Gasteiger partial charge in [-0.1, -0.05) is 23.7 Å². The molecule has 0 unspecified atom stereocenters. The van der Waals surface area contributed by atoms with Gasteiger partial charge >= 0.3 is 0 Å². The highest BCUT2D eigenvalue weighted by Gasteiger charge is 2.29. The molecule has 3 nitrogen and oxygen atoms in total. The largest absolute Gasteiger partial charge is 0.449 e. The van der Waals surface area contributed by atoms with Gasteiger partial charge in [-0.25, -0.2) is 0 Å². The molecule has 4 heteroatoms. The predicted octanol–water partition coefficient (Wildman–Crippen LogP) is 2.76. The summed E-state index contributed by atoms with van der Waals surface area (Å²) in [6.45, 7) is 0. The van der Waals surface area contributed by atoms with E-state index in [2.05, 4.69) is 0 Å². The first kappa shape index (κ1) is 9.48. The van der Waals surface area contributed by atoms with E-state index in [4.69, 9.17) is 21.1 Å². The average molecular weight is 235 g/mol. The highest BCUT2D eigenvalue weighted by molar-refractivity contribution is 6.32. The van der Waals surface area contributed by atoms with E-state index in [0.717, 1.165) is 0 Å². The van der Waals surface area contributed by atoms with Gasteiger partial charge in [0.2, 0.25) is 11.5 Å². The normalized spacial score (nSPS) is 18.1. The summed E-state index contributed by atoms with van der Waals surface area (Å²) < 4.78 is 11.0. The van der Waals surface area contributed by atoms with Crippen LogP contribution in [0.3, 0.4) is 0 Å². The monoisotopic (exact) mass is 234 g/mol. The first-order valence-electron chi connectivity index (χ1n) is 4.82. The standard InChI is InChI=1S/C12H7ClO3/c13-7-5-8(14)12-11(6-7)15-9-3-1-2-4-10(9)16-12/h1-4,6H,5H2. The second-order valence-corrected chi connectivity index (χ2v) is 4.02. The van der Waals surface area contributed by atoms with E-state index in [1.807, 2.05) is 12.1 Å². The fourth-order valence-corrected chi connectivity index (χ4v) is 1.88. The topological polar surface area (TPSA) is 35.5 Å². The lowest BCUT2D eigenvalue weighted by Crippen LogP contribution is -2.21. The zero-order chi connectivity index (χ0) is 11.1. The third-order valence-corrected chi connectivity index (χ3v) is 2.62. The molecule has 0 radical (unpaired) electrons. The van der Waals surface area contributed by atoms with E-state index in [1.54, 1.807) is 18.2 Å². The van der Waals surface area contributed by atoms with Crippen LogP contribution in [-0.2, 0) is 4.79 Å². The predicted molar refractivity (Wildman–Crippen MR) is 58.3 cm³/mol.